The van der Waals surface area contributed by atoms with E-state index in [0.717, 1.165) is 12.8 Å². The fraction of sp³-hybridized carbons (Fsp3) is 0.533. The number of rotatable bonds is 5. The van der Waals surface area contributed by atoms with Crippen LogP contribution in [0.15, 0.2) is 17.0 Å². The van der Waals surface area contributed by atoms with E-state index in [4.69, 9.17) is 9.47 Å². The first-order chi connectivity index (χ1) is 10.9. The molecule has 1 aliphatic heterocycles. The van der Waals surface area contributed by atoms with Crippen LogP contribution in [0.4, 0.5) is 0 Å². The molecule has 1 aromatic carbocycles. The van der Waals surface area contributed by atoms with Crippen LogP contribution < -0.4 is 19.5 Å². The normalized spacial score (nSPS) is 18.9. The predicted octanol–water partition coefficient (Wildman–Crippen LogP) is 0.959. The molecule has 1 aromatic rings. The molecule has 1 aliphatic rings. The molecule has 1 amide bonds. The summed E-state index contributed by atoms with van der Waals surface area (Å²) in [6.45, 7) is 2.25. The maximum atomic E-state index is 12.7. The minimum atomic E-state index is -3.84. The van der Waals surface area contributed by atoms with Crippen LogP contribution in [0.3, 0.4) is 0 Å². The van der Waals surface area contributed by atoms with E-state index in [9.17, 15) is 13.2 Å². The van der Waals surface area contributed by atoms with E-state index in [1.807, 2.05) is 0 Å². The number of hydrogen-bond donors (Lipinski definition) is 2. The molecule has 1 heterocycles. The van der Waals surface area contributed by atoms with E-state index in [0.29, 0.717) is 30.0 Å². The summed E-state index contributed by atoms with van der Waals surface area (Å²) in [7, 11) is -0.918. The minimum absolute atomic E-state index is 0.0761. The Bertz CT molecular complexity index is 687. The molecule has 1 fully saturated rings. The first-order valence-electron chi connectivity index (χ1n) is 7.41. The Morgan fingerprint density at radius 1 is 1.17 bits per heavy atom. The minimum Gasteiger partial charge on any atom is -0.493 e. The molecule has 7 nitrogen and oxygen atoms in total. The van der Waals surface area contributed by atoms with Crippen LogP contribution in [0.5, 0.6) is 11.5 Å². The second kappa shape index (κ2) is 7.18. The van der Waals surface area contributed by atoms with Gasteiger partial charge in [0, 0.05) is 12.6 Å². The quantitative estimate of drug-likeness (QED) is 0.831. The Kier molecular flexibility index (Phi) is 5.48. The smallest absolute Gasteiger partial charge is 0.241 e. The van der Waals surface area contributed by atoms with Crippen molar-refractivity contribution < 1.29 is 22.7 Å². The summed E-state index contributed by atoms with van der Waals surface area (Å²) in [6.07, 6.45) is 2.12. The van der Waals surface area contributed by atoms with Crippen LogP contribution in [0.1, 0.15) is 24.8 Å². The highest BCUT2D eigenvalue weighted by atomic mass is 32.2. The Morgan fingerprint density at radius 2 is 1.83 bits per heavy atom. The number of nitrogens with one attached hydrogen (secondary N) is 2. The van der Waals surface area contributed by atoms with Crippen LogP contribution in [-0.2, 0) is 14.8 Å². The monoisotopic (exact) mass is 342 g/mol. The molecule has 0 unspecified atom stereocenters. The van der Waals surface area contributed by atoms with Crippen LogP contribution in [0.25, 0.3) is 0 Å². The molecule has 0 aliphatic carbocycles. The van der Waals surface area contributed by atoms with Crippen LogP contribution >= 0.6 is 0 Å². The van der Waals surface area contributed by atoms with Gasteiger partial charge in [-0.05, 0) is 37.8 Å². The van der Waals surface area contributed by atoms with Gasteiger partial charge in [0.25, 0.3) is 0 Å². The van der Waals surface area contributed by atoms with Gasteiger partial charge in [0.2, 0.25) is 15.9 Å². The van der Waals surface area contributed by atoms with E-state index in [1.165, 1.54) is 20.3 Å². The van der Waals surface area contributed by atoms with Crippen molar-refractivity contribution in [2.75, 3.05) is 20.8 Å². The van der Waals surface area contributed by atoms with Crippen molar-refractivity contribution in [2.45, 2.75) is 37.1 Å². The van der Waals surface area contributed by atoms with E-state index in [-0.39, 0.29) is 10.8 Å². The Morgan fingerprint density at radius 3 is 2.48 bits per heavy atom. The zero-order valence-corrected chi connectivity index (χ0v) is 14.3. The lowest BCUT2D eigenvalue weighted by atomic mass is 10.1. The molecule has 0 spiro atoms. The number of carbonyl (C=O) groups is 1. The molecular formula is C15H22N2O5S. The van der Waals surface area contributed by atoms with Gasteiger partial charge >= 0.3 is 0 Å². The number of methoxy groups -OCH3 is 2. The molecule has 8 heteroatoms. The summed E-state index contributed by atoms with van der Waals surface area (Å²) >= 11 is 0. The topological polar surface area (TPSA) is 93.7 Å². The van der Waals surface area contributed by atoms with Crippen LogP contribution in [0.2, 0.25) is 0 Å². The Labute approximate surface area is 136 Å². The predicted molar refractivity (Wildman–Crippen MR) is 85.3 cm³/mol. The lowest BCUT2D eigenvalue weighted by Gasteiger charge is -2.18. The number of hydrogen-bond acceptors (Lipinski definition) is 5. The zero-order chi connectivity index (χ0) is 17.0. The second-order valence-corrected chi connectivity index (χ2v) is 7.12. The summed E-state index contributed by atoms with van der Waals surface area (Å²) in [6, 6.07) is 2.25. The molecule has 128 valence electrons. The number of sulfonamides is 1. The van der Waals surface area contributed by atoms with Gasteiger partial charge in [-0.2, -0.15) is 4.72 Å². The molecule has 0 radical (unpaired) electrons. The van der Waals surface area contributed by atoms with Crippen LogP contribution in [-0.4, -0.2) is 41.1 Å². The molecule has 23 heavy (non-hydrogen) atoms. The Balaban J connectivity index is 2.33. The largest absolute Gasteiger partial charge is 0.493 e. The molecule has 0 aromatic heterocycles. The van der Waals surface area contributed by atoms with E-state index >= 15 is 0 Å². The maximum absolute atomic E-state index is 12.7. The van der Waals surface area contributed by atoms with Crippen molar-refractivity contribution >= 4 is 15.9 Å². The number of benzene rings is 1. The fourth-order valence-corrected chi connectivity index (χ4v) is 4.03. The van der Waals surface area contributed by atoms with Gasteiger partial charge in [-0.1, -0.05) is 0 Å². The molecule has 1 atom stereocenters. The van der Waals surface area contributed by atoms with E-state index in [1.54, 1.807) is 13.0 Å². The lowest BCUT2D eigenvalue weighted by Crippen LogP contribution is -2.45. The third-order valence-electron chi connectivity index (χ3n) is 3.80. The van der Waals surface area contributed by atoms with Crippen molar-refractivity contribution in [1.82, 2.24) is 10.0 Å². The van der Waals surface area contributed by atoms with Gasteiger partial charge in [0.15, 0.2) is 11.5 Å². The lowest BCUT2D eigenvalue weighted by molar-refractivity contribution is -0.122. The average Bonchev–Trinajstić information content (AvgIpc) is 2.71. The highest BCUT2D eigenvalue weighted by Crippen LogP contribution is 2.32. The molecule has 2 N–H and O–H groups in total. The third-order valence-corrected chi connectivity index (χ3v) is 5.42. The summed E-state index contributed by atoms with van der Waals surface area (Å²) < 4.78 is 38.1. The first-order valence-corrected chi connectivity index (χ1v) is 8.90. The molecular weight excluding hydrogens is 320 g/mol. The van der Waals surface area contributed by atoms with Gasteiger partial charge in [-0.3, -0.25) is 4.79 Å². The average molecular weight is 342 g/mol. The van der Waals surface area contributed by atoms with Crippen molar-refractivity contribution in [2.24, 2.45) is 0 Å². The maximum Gasteiger partial charge on any atom is 0.241 e. The fourth-order valence-electron chi connectivity index (χ4n) is 2.55. The zero-order valence-electron chi connectivity index (χ0n) is 13.5. The molecule has 2 rings (SSSR count). The highest BCUT2D eigenvalue weighted by molar-refractivity contribution is 7.89. The molecule has 0 bridgehead atoms. The SMILES string of the molecule is COc1cc(C)c(S(=O)(=O)N[C@H]2CCCCNC2=O)cc1OC. The van der Waals surface area contributed by atoms with Crippen molar-refractivity contribution in [3.05, 3.63) is 17.7 Å². The third kappa shape index (κ3) is 3.94. The number of aryl methyl sites for hydroxylation is 1. The first kappa shape index (κ1) is 17.6. The number of amides is 1. The van der Waals surface area contributed by atoms with Gasteiger partial charge < -0.3 is 14.8 Å². The van der Waals surface area contributed by atoms with Crippen LogP contribution in [0, 0.1) is 6.92 Å². The summed E-state index contributed by atoms with van der Waals surface area (Å²) in [5.74, 6) is 0.490. The Hall–Kier alpha value is -1.80. The van der Waals surface area contributed by atoms with Crippen molar-refractivity contribution in [3.8, 4) is 11.5 Å². The number of ether oxygens (including phenoxy) is 2. The standard InChI is InChI=1S/C15H22N2O5S/c1-10-8-12(21-2)13(22-3)9-14(10)23(19,20)17-11-6-4-5-7-16-15(11)18/h8-9,11,17H,4-7H2,1-3H3,(H,16,18)/t11-/m0/s1. The molecule has 1 saturated heterocycles. The van der Waals surface area contributed by atoms with E-state index in [2.05, 4.69) is 10.0 Å². The summed E-state index contributed by atoms with van der Waals surface area (Å²) in [4.78, 5) is 12.0. The van der Waals surface area contributed by atoms with Crippen molar-refractivity contribution in [3.63, 3.8) is 0 Å². The molecule has 0 saturated carbocycles. The summed E-state index contributed by atoms with van der Waals surface area (Å²) in [5.41, 5.74) is 0.518. The van der Waals surface area contributed by atoms with E-state index < -0.39 is 16.1 Å². The number of carbonyl (C=O) groups excluding carboxylic acids is 1. The highest BCUT2D eigenvalue weighted by Gasteiger charge is 2.28. The van der Waals surface area contributed by atoms with Gasteiger partial charge in [0.1, 0.15) is 6.04 Å². The van der Waals surface area contributed by atoms with Gasteiger partial charge in [-0.25, -0.2) is 8.42 Å². The van der Waals surface area contributed by atoms with Gasteiger partial charge in [-0.15, -0.1) is 0 Å². The second-order valence-electron chi connectivity index (χ2n) is 5.43. The summed E-state index contributed by atoms with van der Waals surface area (Å²) in [5, 5.41) is 2.71. The van der Waals surface area contributed by atoms with Gasteiger partial charge in [0.05, 0.1) is 19.1 Å². The van der Waals surface area contributed by atoms with Crippen molar-refractivity contribution in [1.29, 1.82) is 0 Å².